The van der Waals surface area contributed by atoms with Crippen molar-refractivity contribution in [3.05, 3.63) is 0 Å². The molecule has 0 saturated carbocycles. The van der Waals surface area contributed by atoms with Crippen molar-refractivity contribution in [3.63, 3.8) is 0 Å². The Morgan fingerprint density at radius 3 is 1.82 bits per heavy atom. The third-order valence-electron chi connectivity index (χ3n) is 1.99. The van der Waals surface area contributed by atoms with Crippen molar-refractivity contribution in [2.45, 2.75) is 25.7 Å². The molecule has 0 aliphatic carbocycles. The summed E-state index contributed by atoms with van der Waals surface area (Å²) in [7, 11) is -9.77. The molecule has 0 radical (unpaired) electrons. The number of nitrogens with zero attached hydrogens (tertiary/aromatic N) is 1. The van der Waals surface area contributed by atoms with Crippen LogP contribution in [0.15, 0.2) is 0 Å². The molecule has 1 unspecified atom stereocenters. The number of hydrogen-bond donors (Lipinski definition) is 3. The molecule has 1 heterocycles. The molecule has 1 aliphatic rings. The Morgan fingerprint density at radius 2 is 1.41 bits per heavy atom. The van der Waals surface area contributed by atoms with Crippen molar-refractivity contribution in [2.24, 2.45) is 0 Å². The summed E-state index contributed by atoms with van der Waals surface area (Å²) in [5.41, 5.74) is 0. The van der Waals surface area contributed by atoms with Crippen molar-refractivity contribution >= 4 is 45.2 Å². The van der Waals surface area contributed by atoms with Crippen LogP contribution in [0.4, 0.5) is 0 Å². The predicted molar refractivity (Wildman–Crippen MR) is 61.2 cm³/mol. The minimum atomic E-state index is -5.03. The molecule has 0 amide bonds. The van der Waals surface area contributed by atoms with Gasteiger partial charge < -0.3 is 14.7 Å². The van der Waals surface area contributed by atoms with Gasteiger partial charge in [-0.1, -0.05) is 12.8 Å². The Hall–Kier alpha value is 1.22. The monoisotopic (exact) mass is 299 g/mol. The van der Waals surface area contributed by atoms with E-state index in [0.29, 0.717) is 13.1 Å². The Morgan fingerprint density at radius 1 is 0.941 bits per heavy atom. The molecule has 0 aromatic carbocycles. The summed E-state index contributed by atoms with van der Waals surface area (Å²) in [5.74, 6) is 0. The molecule has 17 heavy (non-hydrogen) atoms. The van der Waals surface area contributed by atoms with E-state index in [9.17, 15) is 9.13 Å². The summed E-state index contributed by atoms with van der Waals surface area (Å²) >= 11 is 0. The molecule has 0 spiro atoms. The average Bonchev–Trinajstić information content (AvgIpc) is 2.26. The summed E-state index contributed by atoms with van der Waals surface area (Å²) in [4.78, 5) is 25.9. The van der Waals surface area contributed by atoms with Crippen molar-refractivity contribution in [1.29, 1.82) is 0 Å². The van der Waals surface area contributed by atoms with E-state index in [4.69, 9.17) is 14.7 Å². The van der Waals surface area contributed by atoms with Crippen LogP contribution in [0.1, 0.15) is 25.7 Å². The molecule has 1 rings (SSSR count). The summed E-state index contributed by atoms with van der Waals surface area (Å²) in [6, 6.07) is 0. The van der Waals surface area contributed by atoms with Crippen LogP contribution in [-0.2, 0) is 18.1 Å². The Labute approximate surface area is 121 Å². The molecule has 0 aromatic rings. The van der Waals surface area contributed by atoms with Crippen LogP contribution < -0.4 is 0 Å². The van der Waals surface area contributed by atoms with Crippen LogP contribution in [-0.4, -0.2) is 62.4 Å². The Balaban J connectivity index is 0.00000256. The van der Waals surface area contributed by atoms with Gasteiger partial charge in [0.25, 0.3) is 0 Å². The molecule has 3 N–H and O–H groups in total. The van der Waals surface area contributed by atoms with E-state index in [-0.39, 0.29) is 29.6 Å². The maximum atomic E-state index is 11.2. The molecule has 1 saturated heterocycles. The molecule has 1 fully saturated rings. The fourth-order valence-corrected chi connectivity index (χ4v) is 3.07. The van der Waals surface area contributed by atoms with Gasteiger partial charge in [-0.15, -0.1) is 0 Å². The molecule has 11 heteroatoms. The molecular weight excluding hydrogens is 283 g/mol. The standard InChI is InChI=1S/C6H15NO7P2.Na.H/c8-15(9,10)14-16(11,12)13-7-5-3-1-2-4-6-7;;/h1-6H2,(H,11,12)(H2,8,9,10);;. The third-order valence-corrected chi connectivity index (χ3v) is 4.11. The molecule has 8 nitrogen and oxygen atoms in total. The molecule has 1 aliphatic heterocycles. The maximum absolute atomic E-state index is 11.2. The van der Waals surface area contributed by atoms with Gasteiger partial charge >= 0.3 is 45.2 Å². The fourth-order valence-electron chi connectivity index (χ4n) is 1.42. The second-order valence-corrected chi connectivity index (χ2v) is 6.20. The van der Waals surface area contributed by atoms with Crippen molar-refractivity contribution < 1.29 is 32.7 Å². The van der Waals surface area contributed by atoms with Crippen LogP contribution in [0.25, 0.3) is 0 Å². The van der Waals surface area contributed by atoms with Gasteiger partial charge in [-0.3, -0.25) is 0 Å². The number of hydrogen-bond acceptors (Lipinski definition) is 5. The summed E-state index contributed by atoms with van der Waals surface area (Å²) in [6.07, 6.45) is 3.59. The van der Waals surface area contributed by atoms with Crippen molar-refractivity contribution in [2.75, 3.05) is 13.1 Å². The zero-order valence-corrected chi connectivity index (χ0v) is 10.3. The van der Waals surface area contributed by atoms with Gasteiger partial charge in [0.1, 0.15) is 0 Å². The van der Waals surface area contributed by atoms with Gasteiger partial charge in [0.2, 0.25) is 0 Å². The summed E-state index contributed by atoms with van der Waals surface area (Å²) in [5, 5.41) is 1.21. The van der Waals surface area contributed by atoms with E-state index in [0.717, 1.165) is 25.7 Å². The quantitative estimate of drug-likeness (QED) is 0.503. The van der Waals surface area contributed by atoms with Gasteiger partial charge in [0.05, 0.1) is 0 Å². The van der Waals surface area contributed by atoms with E-state index in [1.807, 2.05) is 0 Å². The van der Waals surface area contributed by atoms with Crippen LogP contribution >= 0.6 is 15.6 Å². The second kappa shape index (κ2) is 7.72. The van der Waals surface area contributed by atoms with E-state index in [2.05, 4.69) is 8.94 Å². The SMILES string of the molecule is O=P(O)(O)OP(=O)(O)ON1CCCCCC1.[NaH]. The first kappa shape index (κ1) is 18.2. The normalized spacial score (nSPS) is 22.3. The Kier molecular flexibility index (Phi) is 8.28. The van der Waals surface area contributed by atoms with Gasteiger partial charge in [-0.2, -0.15) is 14.0 Å². The number of phosphoric acid groups is 2. The molecule has 1 atom stereocenters. The first-order valence-corrected chi connectivity index (χ1v) is 7.85. The summed E-state index contributed by atoms with van der Waals surface area (Å²) in [6.45, 7) is 0.879. The average molecular weight is 299 g/mol. The molecular formula is C6H16NNaO7P2. The minimum absolute atomic E-state index is 0. The van der Waals surface area contributed by atoms with Crippen molar-refractivity contribution in [1.82, 2.24) is 5.06 Å². The zero-order valence-electron chi connectivity index (χ0n) is 8.56. The van der Waals surface area contributed by atoms with Gasteiger partial charge in [-0.05, 0) is 12.8 Å². The van der Waals surface area contributed by atoms with Crippen molar-refractivity contribution in [3.8, 4) is 0 Å². The van der Waals surface area contributed by atoms with E-state index < -0.39 is 15.6 Å². The van der Waals surface area contributed by atoms with E-state index >= 15 is 0 Å². The third kappa shape index (κ3) is 8.86. The first-order valence-electron chi connectivity index (χ1n) is 4.83. The summed E-state index contributed by atoms with van der Waals surface area (Å²) < 4.78 is 29.8. The fraction of sp³-hybridized carbons (Fsp3) is 1.00. The molecule has 98 valence electrons. The predicted octanol–water partition coefficient (Wildman–Crippen LogP) is 0.355. The first-order chi connectivity index (χ1) is 7.29. The van der Waals surface area contributed by atoms with Crippen LogP contribution in [0.2, 0.25) is 0 Å². The second-order valence-electron chi connectivity index (χ2n) is 3.47. The van der Waals surface area contributed by atoms with Crippen LogP contribution in [0.3, 0.4) is 0 Å². The van der Waals surface area contributed by atoms with E-state index in [1.54, 1.807) is 0 Å². The van der Waals surface area contributed by atoms with Gasteiger partial charge in [-0.25, -0.2) is 9.13 Å². The number of rotatable bonds is 4. The molecule has 0 bridgehead atoms. The van der Waals surface area contributed by atoms with Gasteiger partial charge in [0.15, 0.2) is 0 Å². The Bertz CT molecular complexity index is 313. The van der Waals surface area contributed by atoms with Gasteiger partial charge in [0, 0.05) is 13.1 Å². The topological polar surface area (TPSA) is 117 Å². The van der Waals surface area contributed by atoms with Crippen LogP contribution in [0, 0.1) is 0 Å². The van der Waals surface area contributed by atoms with E-state index in [1.165, 1.54) is 5.06 Å². The zero-order chi connectivity index (χ0) is 12.2. The van der Waals surface area contributed by atoms with Crippen LogP contribution in [0.5, 0.6) is 0 Å². The molecule has 0 aromatic heterocycles. The number of hydroxylamine groups is 2.